The molecule has 0 spiro atoms. The molecule has 5 N–H and O–H groups in total. The third kappa shape index (κ3) is 2.56. The summed E-state index contributed by atoms with van der Waals surface area (Å²) in [5.74, 6) is -1.39. The number of rotatable bonds is 4. The molecule has 1 unspecified atom stereocenters. The Morgan fingerprint density at radius 1 is 1.32 bits per heavy atom. The second-order valence-electron chi connectivity index (χ2n) is 3.93. The molecule has 0 aliphatic rings. The zero-order valence-electron chi connectivity index (χ0n) is 9.88. The van der Waals surface area contributed by atoms with Crippen molar-refractivity contribution >= 4 is 22.7 Å². The highest BCUT2D eigenvalue weighted by atomic mass is 16.5. The summed E-state index contributed by atoms with van der Waals surface area (Å²) < 4.78 is 0. The van der Waals surface area contributed by atoms with Gasteiger partial charge >= 0.3 is 0 Å². The Kier molecular flexibility index (Phi) is 3.79. The largest absolute Gasteiger partial charge is 0.394 e. The molecule has 2 rings (SSSR count). The number of amides is 2. The monoisotopic (exact) mass is 263 g/mol. The van der Waals surface area contributed by atoms with E-state index in [4.69, 9.17) is 10.3 Å². The molecule has 100 valence electrons. The van der Waals surface area contributed by atoms with Crippen molar-refractivity contribution in [3.8, 4) is 0 Å². The van der Waals surface area contributed by atoms with Crippen LogP contribution in [-0.4, -0.2) is 39.8 Å². The molecule has 1 aromatic carbocycles. The average Bonchev–Trinajstić information content (AvgIpc) is 2.87. The normalized spacial score (nSPS) is 12.1. The minimum Gasteiger partial charge on any atom is -0.394 e. The smallest absolute Gasteiger partial charge is 0.268 e. The van der Waals surface area contributed by atoms with Gasteiger partial charge in [-0.05, 0) is 6.07 Å². The van der Waals surface area contributed by atoms with Gasteiger partial charge in [-0.15, -0.1) is 0 Å². The summed E-state index contributed by atoms with van der Waals surface area (Å²) in [5.41, 5.74) is 2.53. The predicted octanol–water partition coefficient (Wildman–Crippen LogP) is -0.236. The fourth-order valence-corrected chi connectivity index (χ4v) is 1.77. The molecule has 19 heavy (non-hydrogen) atoms. The van der Waals surface area contributed by atoms with E-state index >= 15 is 0 Å². The fraction of sp³-hybridized carbons (Fsp3) is 0.167. The molecule has 0 fully saturated rings. The summed E-state index contributed by atoms with van der Waals surface area (Å²) in [6.45, 7) is -0.611. The second-order valence-corrected chi connectivity index (χ2v) is 3.93. The molecule has 2 aromatic rings. The van der Waals surface area contributed by atoms with E-state index in [-0.39, 0.29) is 0 Å². The Morgan fingerprint density at radius 2 is 2.05 bits per heavy atom. The average molecular weight is 263 g/mol. The van der Waals surface area contributed by atoms with E-state index in [0.29, 0.717) is 10.9 Å². The number of hydroxylamine groups is 1. The first-order valence-corrected chi connectivity index (χ1v) is 5.59. The van der Waals surface area contributed by atoms with Gasteiger partial charge in [0.1, 0.15) is 6.04 Å². The van der Waals surface area contributed by atoms with E-state index in [2.05, 4.69) is 10.3 Å². The van der Waals surface area contributed by atoms with Crippen LogP contribution >= 0.6 is 0 Å². The van der Waals surface area contributed by atoms with Crippen LogP contribution in [0.1, 0.15) is 10.4 Å². The van der Waals surface area contributed by atoms with Crippen molar-refractivity contribution in [2.75, 3.05) is 6.61 Å². The summed E-state index contributed by atoms with van der Waals surface area (Å²) >= 11 is 0. The minimum atomic E-state index is -1.20. The number of benzene rings is 1. The van der Waals surface area contributed by atoms with E-state index in [1.807, 2.05) is 12.1 Å². The van der Waals surface area contributed by atoms with Crippen LogP contribution < -0.4 is 10.8 Å². The molecule has 2 amide bonds. The quantitative estimate of drug-likeness (QED) is 0.387. The van der Waals surface area contributed by atoms with Gasteiger partial charge in [0.25, 0.3) is 11.8 Å². The molecular weight excluding hydrogens is 250 g/mol. The number of hydrogen-bond donors (Lipinski definition) is 5. The lowest BCUT2D eigenvalue weighted by Crippen LogP contribution is -2.48. The Balaban J connectivity index is 2.22. The van der Waals surface area contributed by atoms with E-state index in [9.17, 15) is 9.59 Å². The standard InChI is InChI=1S/C12H13N3O4/c16-6-10(12(18)15-19)14-11(17)8-5-13-9-4-2-1-3-7(8)9/h1-5,10,13,16,19H,6H2,(H,14,17)(H,15,18). The molecule has 7 nitrogen and oxygen atoms in total. The first-order chi connectivity index (χ1) is 9.17. The summed E-state index contributed by atoms with van der Waals surface area (Å²) in [4.78, 5) is 26.1. The number of aromatic amines is 1. The van der Waals surface area contributed by atoms with Crippen molar-refractivity contribution in [1.82, 2.24) is 15.8 Å². The number of aliphatic hydroxyl groups excluding tert-OH is 1. The summed E-state index contributed by atoms with van der Waals surface area (Å²) in [6.07, 6.45) is 1.52. The third-order valence-corrected chi connectivity index (χ3v) is 2.75. The lowest BCUT2D eigenvalue weighted by molar-refractivity contribution is -0.132. The Hall–Kier alpha value is -2.38. The molecule has 1 aromatic heterocycles. The molecule has 0 aliphatic carbocycles. The van der Waals surface area contributed by atoms with E-state index in [1.165, 1.54) is 11.7 Å². The number of para-hydroxylation sites is 1. The van der Waals surface area contributed by atoms with Gasteiger partial charge in [0.2, 0.25) is 0 Å². The first kappa shape index (κ1) is 13.1. The lowest BCUT2D eigenvalue weighted by atomic mass is 10.1. The Labute approximate surface area is 108 Å². The maximum absolute atomic E-state index is 12.0. The zero-order chi connectivity index (χ0) is 13.8. The van der Waals surface area contributed by atoms with Gasteiger partial charge in [-0.2, -0.15) is 0 Å². The van der Waals surface area contributed by atoms with Crippen LogP contribution in [0.2, 0.25) is 0 Å². The highest BCUT2D eigenvalue weighted by molar-refractivity contribution is 6.07. The number of hydrogen-bond acceptors (Lipinski definition) is 4. The number of aromatic nitrogens is 1. The van der Waals surface area contributed by atoms with Crippen LogP contribution in [0.25, 0.3) is 10.9 Å². The van der Waals surface area contributed by atoms with Gasteiger partial charge in [0.15, 0.2) is 0 Å². The number of H-pyrrole nitrogens is 1. The fourth-order valence-electron chi connectivity index (χ4n) is 1.77. The van der Waals surface area contributed by atoms with Gasteiger partial charge in [-0.1, -0.05) is 18.2 Å². The lowest BCUT2D eigenvalue weighted by Gasteiger charge is -2.13. The highest BCUT2D eigenvalue weighted by Gasteiger charge is 2.21. The second kappa shape index (κ2) is 5.51. The molecule has 7 heteroatoms. The first-order valence-electron chi connectivity index (χ1n) is 5.59. The minimum absolute atomic E-state index is 0.361. The zero-order valence-corrected chi connectivity index (χ0v) is 9.88. The van der Waals surface area contributed by atoms with Gasteiger partial charge in [0, 0.05) is 17.1 Å². The summed E-state index contributed by atoms with van der Waals surface area (Å²) in [5, 5.41) is 20.5. The van der Waals surface area contributed by atoms with Crippen LogP contribution in [-0.2, 0) is 4.79 Å². The molecule has 0 radical (unpaired) electrons. The van der Waals surface area contributed by atoms with Crippen molar-refractivity contribution in [3.63, 3.8) is 0 Å². The molecule has 0 bridgehead atoms. The van der Waals surface area contributed by atoms with Crippen molar-refractivity contribution in [2.45, 2.75) is 6.04 Å². The van der Waals surface area contributed by atoms with Crippen molar-refractivity contribution < 1.29 is 19.9 Å². The van der Waals surface area contributed by atoms with Crippen molar-refractivity contribution in [1.29, 1.82) is 0 Å². The van der Waals surface area contributed by atoms with Gasteiger partial charge in [0.05, 0.1) is 12.2 Å². The van der Waals surface area contributed by atoms with E-state index < -0.39 is 24.5 Å². The molecular formula is C12H13N3O4. The maximum atomic E-state index is 12.0. The molecule has 0 aliphatic heterocycles. The Morgan fingerprint density at radius 3 is 2.74 bits per heavy atom. The van der Waals surface area contributed by atoms with Gasteiger partial charge in [-0.25, -0.2) is 5.48 Å². The molecule has 1 heterocycles. The van der Waals surface area contributed by atoms with Crippen LogP contribution in [0.15, 0.2) is 30.5 Å². The summed E-state index contributed by atoms with van der Waals surface area (Å²) in [7, 11) is 0. The number of fused-ring (bicyclic) bond motifs is 1. The third-order valence-electron chi connectivity index (χ3n) is 2.75. The molecule has 1 atom stereocenters. The molecule has 0 saturated heterocycles. The van der Waals surface area contributed by atoms with Crippen LogP contribution in [0.5, 0.6) is 0 Å². The summed E-state index contributed by atoms with van der Waals surface area (Å²) in [6, 6.07) is 6.00. The van der Waals surface area contributed by atoms with Gasteiger partial charge < -0.3 is 15.4 Å². The number of nitrogens with one attached hydrogen (secondary N) is 3. The van der Waals surface area contributed by atoms with Crippen LogP contribution in [0, 0.1) is 0 Å². The number of carbonyl (C=O) groups is 2. The SMILES string of the molecule is O=C(NC(CO)C(=O)NO)c1c[nH]c2ccccc12. The topological polar surface area (TPSA) is 114 Å². The maximum Gasteiger partial charge on any atom is 0.268 e. The highest BCUT2D eigenvalue weighted by Crippen LogP contribution is 2.17. The van der Waals surface area contributed by atoms with E-state index in [1.54, 1.807) is 12.1 Å². The van der Waals surface area contributed by atoms with Crippen molar-refractivity contribution in [2.24, 2.45) is 0 Å². The molecule has 0 saturated carbocycles. The Bertz CT molecular complexity index is 608. The number of carbonyl (C=O) groups excluding carboxylic acids is 2. The predicted molar refractivity (Wildman–Crippen MR) is 66.6 cm³/mol. The van der Waals surface area contributed by atoms with Gasteiger partial charge in [-0.3, -0.25) is 14.8 Å². The van der Waals surface area contributed by atoms with Crippen LogP contribution in [0.3, 0.4) is 0 Å². The van der Waals surface area contributed by atoms with Crippen molar-refractivity contribution in [3.05, 3.63) is 36.0 Å². The van der Waals surface area contributed by atoms with E-state index in [0.717, 1.165) is 5.52 Å². The number of aliphatic hydroxyl groups is 1. The van der Waals surface area contributed by atoms with Crippen LogP contribution in [0.4, 0.5) is 0 Å².